The second-order valence-corrected chi connectivity index (χ2v) is 7.75. The van der Waals surface area contributed by atoms with E-state index in [0.29, 0.717) is 23.0 Å². The third-order valence-electron chi connectivity index (χ3n) is 4.49. The predicted octanol–water partition coefficient (Wildman–Crippen LogP) is 4.34. The first-order chi connectivity index (χ1) is 14.3. The fourth-order valence-electron chi connectivity index (χ4n) is 3.07. The Labute approximate surface area is 178 Å². The Bertz CT molecular complexity index is 1190. The lowest BCUT2D eigenvalue weighted by atomic mass is 10.1. The number of rotatable bonds is 5. The van der Waals surface area contributed by atoms with Crippen LogP contribution in [0.4, 0.5) is 17.2 Å². The second kappa shape index (κ2) is 7.76. The van der Waals surface area contributed by atoms with Crippen molar-refractivity contribution < 1.29 is 14.6 Å². The average molecular weight is 446 g/mol. The summed E-state index contributed by atoms with van der Waals surface area (Å²) in [4.78, 5) is 34.0. The van der Waals surface area contributed by atoms with Crippen molar-refractivity contribution in [1.29, 1.82) is 0 Å². The maximum absolute atomic E-state index is 12.9. The molecule has 1 amide bonds. The standard InChI is InChI=1S/C18H12ClN5O5S/c19-10-1-6-16(24(28)29)13(7-10)18(25)20-17-14-8-30-9-15(14)21-22(17)11-2-4-12(5-3-11)23(26)27/h1-7H,8-9H2,(H,20,25). The number of anilines is 1. The van der Waals surface area contributed by atoms with Gasteiger partial charge in [0.25, 0.3) is 17.3 Å². The molecule has 1 aromatic heterocycles. The van der Waals surface area contributed by atoms with Crippen LogP contribution in [0.25, 0.3) is 5.69 Å². The van der Waals surface area contributed by atoms with E-state index in [2.05, 4.69) is 10.4 Å². The van der Waals surface area contributed by atoms with Gasteiger partial charge in [0.05, 0.1) is 21.2 Å². The van der Waals surface area contributed by atoms with Crippen LogP contribution in [-0.4, -0.2) is 25.5 Å². The van der Waals surface area contributed by atoms with E-state index < -0.39 is 15.8 Å². The minimum absolute atomic E-state index is 0.0749. The van der Waals surface area contributed by atoms with Crippen LogP contribution in [0.5, 0.6) is 0 Å². The lowest BCUT2D eigenvalue weighted by molar-refractivity contribution is -0.385. The number of carbonyl (C=O) groups excluding carboxylic acids is 1. The first-order valence-corrected chi connectivity index (χ1v) is 10.1. The molecule has 0 bridgehead atoms. The molecule has 2 aromatic carbocycles. The number of halogens is 1. The Morgan fingerprint density at radius 3 is 2.50 bits per heavy atom. The van der Waals surface area contributed by atoms with Crippen molar-refractivity contribution in [2.45, 2.75) is 11.5 Å². The first-order valence-electron chi connectivity index (χ1n) is 8.54. The smallest absolute Gasteiger partial charge is 0.282 e. The number of hydrogen-bond donors (Lipinski definition) is 1. The highest BCUT2D eigenvalue weighted by Crippen LogP contribution is 2.37. The van der Waals surface area contributed by atoms with E-state index in [1.807, 2.05) is 0 Å². The van der Waals surface area contributed by atoms with Crippen LogP contribution in [0.3, 0.4) is 0 Å². The van der Waals surface area contributed by atoms with Crippen LogP contribution in [0.2, 0.25) is 5.02 Å². The van der Waals surface area contributed by atoms with Crippen LogP contribution >= 0.6 is 23.4 Å². The van der Waals surface area contributed by atoms with E-state index in [1.54, 1.807) is 11.8 Å². The van der Waals surface area contributed by atoms with E-state index in [9.17, 15) is 25.0 Å². The molecule has 4 rings (SSSR count). The van der Waals surface area contributed by atoms with Crippen LogP contribution in [-0.2, 0) is 11.5 Å². The number of nitrogens with one attached hydrogen (secondary N) is 1. The molecule has 0 saturated heterocycles. The van der Waals surface area contributed by atoms with Crippen molar-refractivity contribution in [2.24, 2.45) is 0 Å². The number of nitro groups is 2. The number of non-ortho nitro benzene ring substituents is 1. The summed E-state index contributed by atoms with van der Waals surface area (Å²) in [5.74, 6) is 0.917. The van der Waals surface area contributed by atoms with Crippen molar-refractivity contribution in [3.05, 3.63) is 84.5 Å². The van der Waals surface area contributed by atoms with Gasteiger partial charge >= 0.3 is 0 Å². The summed E-state index contributed by atoms with van der Waals surface area (Å²) in [5, 5.41) is 29.6. The van der Waals surface area contributed by atoms with Crippen molar-refractivity contribution in [1.82, 2.24) is 9.78 Å². The Morgan fingerprint density at radius 2 is 1.83 bits per heavy atom. The number of carbonyl (C=O) groups is 1. The van der Waals surface area contributed by atoms with E-state index >= 15 is 0 Å². The fraction of sp³-hybridized carbons (Fsp3) is 0.111. The van der Waals surface area contributed by atoms with Gasteiger partial charge in [-0.2, -0.15) is 16.9 Å². The Balaban J connectivity index is 1.75. The minimum Gasteiger partial charge on any atom is -0.306 e. The molecule has 30 heavy (non-hydrogen) atoms. The second-order valence-electron chi connectivity index (χ2n) is 6.32. The summed E-state index contributed by atoms with van der Waals surface area (Å²) >= 11 is 7.55. The molecule has 1 aliphatic heterocycles. The number of fused-ring (bicyclic) bond motifs is 1. The highest BCUT2D eigenvalue weighted by atomic mass is 35.5. The minimum atomic E-state index is -0.702. The Hall–Kier alpha value is -3.44. The zero-order valence-corrected chi connectivity index (χ0v) is 16.6. The van der Waals surface area contributed by atoms with Gasteiger partial charge in [0.1, 0.15) is 11.4 Å². The topological polar surface area (TPSA) is 133 Å². The van der Waals surface area contributed by atoms with Gasteiger partial charge in [-0.3, -0.25) is 25.0 Å². The van der Waals surface area contributed by atoms with Crippen LogP contribution in [0.1, 0.15) is 21.6 Å². The molecule has 1 aliphatic rings. The predicted molar refractivity (Wildman–Crippen MR) is 111 cm³/mol. The average Bonchev–Trinajstić information content (AvgIpc) is 3.30. The highest BCUT2D eigenvalue weighted by molar-refractivity contribution is 7.98. The van der Waals surface area contributed by atoms with Gasteiger partial charge in [-0.25, -0.2) is 4.68 Å². The van der Waals surface area contributed by atoms with Crippen molar-refractivity contribution in [2.75, 3.05) is 5.32 Å². The van der Waals surface area contributed by atoms with Gasteiger partial charge in [-0.1, -0.05) is 11.6 Å². The monoisotopic (exact) mass is 445 g/mol. The molecule has 0 radical (unpaired) electrons. The van der Waals surface area contributed by atoms with Gasteiger partial charge in [0.15, 0.2) is 0 Å². The van der Waals surface area contributed by atoms with Gasteiger partial charge in [-0.05, 0) is 24.3 Å². The molecule has 0 fully saturated rings. The molecule has 2 heterocycles. The van der Waals surface area contributed by atoms with Gasteiger partial charge in [-0.15, -0.1) is 0 Å². The lowest BCUT2D eigenvalue weighted by Crippen LogP contribution is -2.17. The fourth-order valence-corrected chi connectivity index (χ4v) is 4.27. The molecule has 0 aliphatic carbocycles. The SMILES string of the molecule is O=C(Nc1c2c(nn1-c1ccc([N+](=O)[O-])cc1)CSC2)c1cc(Cl)ccc1[N+](=O)[O-]. The lowest BCUT2D eigenvalue weighted by Gasteiger charge is -2.11. The quantitative estimate of drug-likeness (QED) is 0.456. The maximum Gasteiger partial charge on any atom is 0.282 e. The van der Waals surface area contributed by atoms with E-state index in [-0.39, 0.29) is 22.0 Å². The number of benzene rings is 2. The summed E-state index contributed by atoms with van der Waals surface area (Å²) in [6.07, 6.45) is 0. The summed E-state index contributed by atoms with van der Waals surface area (Å²) in [6.45, 7) is 0. The molecule has 1 N–H and O–H groups in total. The number of aromatic nitrogens is 2. The highest BCUT2D eigenvalue weighted by Gasteiger charge is 2.27. The van der Waals surface area contributed by atoms with Gasteiger partial charge in [0.2, 0.25) is 0 Å². The zero-order valence-electron chi connectivity index (χ0n) is 15.1. The number of amides is 1. The van der Waals surface area contributed by atoms with E-state index in [4.69, 9.17) is 11.6 Å². The van der Waals surface area contributed by atoms with Crippen molar-refractivity contribution >= 4 is 46.5 Å². The molecule has 10 nitrogen and oxygen atoms in total. The molecule has 12 heteroatoms. The Kier molecular flexibility index (Phi) is 5.14. The summed E-state index contributed by atoms with van der Waals surface area (Å²) in [5.41, 5.74) is 1.46. The van der Waals surface area contributed by atoms with Gasteiger partial charge < -0.3 is 5.32 Å². The Morgan fingerprint density at radius 1 is 1.10 bits per heavy atom. The van der Waals surface area contributed by atoms with Crippen molar-refractivity contribution in [3.63, 3.8) is 0 Å². The zero-order chi connectivity index (χ0) is 21.4. The number of hydrogen-bond acceptors (Lipinski definition) is 7. The molecule has 0 unspecified atom stereocenters. The third-order valence-corrected chi connectivity index (χ3v) is 5.69. The molecular formula is C18H12ClN5O5S. The maximum atomic E-state index is 12.9. The van der Waals surface area contributed by atoms with E-state index in [0.717, 1.165) is 11.3 Å². The molecule has 3 aromatic rings. The van der Waals surface area contributed by atoms with Crippen LogP contribution in [0.15, 0.2) is 42.5 Å². The number of thioether (sulfide) groups is 1. The number of nitro benzene ring substituents is 2. The third kappa shape index (κ3) is 3.60. The summed E-state index contributed by atoms with van der Waals surface area (Å²) in [6, 6.07) is 9.46. The summed E-state index contributed by atoms with van der Waals surface area (Å²) < 4.78 is 1.47. The molecule has 152 valence electrons. The largest absolute Gasteiger partial charge is 0.306 e. The molecule has 0 atom stereocenters. The van der Waals surface area contributed by atoms with Crippen LogP contribution < -0.4 is 5.32 Å². The molecule has 0 saturated carbocycles. The first kappa shape index (κ1) is 19.9. The number of nitrogens with zero attached hydrogens (tertiary/aromatic N) is 4. The molecular weight excluding hydrogens is 434 g/mol. The van der Waals surface area contributed by atoms with Gasteiger partial charge in [0, 0.05) is 40.3 Å². The normalized spacial score (nSPS) is 12.4. The van der Waals surface area contributed by atoms with Crippen molar-refractivity contribution in [3.8, 4) is 5.69 Å². The van der Waals surface area contributed by atoms with E-state index in [1.165, 1.54) is 47.1 Å². The summed E-state index contributed by atoms with van der Waals surface area (Å²) in [7, 11) is 0. The van der Waals surface area contributed by atoms with Crippen LogP contribution in [0, 0.1) is 20.2 Å². The molecule has 0 spiro atoms.